The van der Waals surface area contributed by atoms with E-state index in [0.29, 0.717) is 11.6 Å². The molecule has 0 atom stereocenters. The van der Waals surface area contributed by atoms with Crippen molar-refractivity contribution in [1.82, 2.24) is 39.2 Å². The number of hydrogen-bond donors (Lipinski definition) is 0. The molecule has 6 heterocycles. The molecule has 0 radical (unpaired) electrons. The summed E-state index contributed by atoms with van der Waals surface area (Å²) in [6.07, 6.45) is 17.7. The molecule has 0 aliphatic carbocycles. The molecule has 0 amide bonds. The van der Waals surface area contributed by atoms with Gasteiger partial charge in [-0.3, -0.25) is 18.8 Å². The van der Waals surface area contributed by atoms with Crippen molar-refractivity contribution in [1.29, 1.82) is 0 Å². The molecule has 0 spiro atoms. The van der Waals surface area contributed by atoms with E-state index in [9.17, 15) is 0 Å². The topological polar surface area (TPSA) is 86.2 Å². The SMILES string of the molecule is C#Cc1ccc(-c2nnc3ccccn23)nc1.C#Cc1ccc(-c2nnc3ccccn23)nc1.[Pt]. The van der Waals surface area contributed by atoms with Crippen LogP contribution < -0.4 is 0 Å². The van der Waals surface area contributed by atoms with Gasteiger partial charge < -0.3 is 0 Å². The van der Waals surface area contributed by atoms with E-state index in [-0.39, 0.29) is 21.1 Å². The van der Waals surface area contributed by atoms with Crippen molar-refractivity contribution in [3.8, 4) is 47.7 Å². The first-order valence-corrected chi connectivity index (χ1v) is 10.2. The zero-order valence-electron chi connectivity index (χ0n) is 18.1. The summed E-state index contributed by atoms with van der Waals surface area (Å²) < 4.78 is 3.77. The smallest absolute Gasteiger partial charge is 0.186 e. The third-order valence-electron chi connectivity index (χ3n) is 4.95. The molecule has 0 bridgehead atoms. The molecule has 0 saturated heterocycles. The Labute approximate surface area is 215 Å². The molecule has 6 aromatic rings. The van der Waals surface area contributed by atoms with Crippen molar-refractivity contribution in [3.63, 3.8) is 0 Å². The minimum absolute atomic E-state index is 0. The zero-order chi connectivity index (χ0) is 23.3. The van der Waals surface area contributed by atoms with Crippen LogP contribution in [-0.2, 0) is 21.1 Å². The van der Waals surface area contributed by atoms with Crippen molar-refractivity contribution in [2.24, 2.45) is 0 Å². The van der Waals surface area contributed by atoms with Crippen molar-refractivity contribution < 1.29 is 21.1 Å². The van der Waals surface area contributed by atoms with Gasteiger partial charge in [-0.15, -0.1) is 33.2 Å². The van der Waals surface area contributed by atoms with Gasteiger partial charge in [-0.05, 0) is 48.5 Å². The molecular weight excluding hydrogens is 619 g/mol. The average Bonchev–Trinajstić information content (AvgIpc) is 3.54. The second-order valence-electron chi connectivity index (χ2n) is 7.06. The standard InChI is InChI=1S/2C13H8N4.Pt/c2*1-2-10-6-7-11(14-9-10)13-16-15-12-5-3-4-8-17(12)13;/h2*1,3-9H;. The van der Waals surface area contributed by atoms with Crippen LogP contribution in [0.2, 0.25) is 0 Å². The molecule has 0 aromatic carbocycles. The summed E-state index contributed by atoms with van der Waals surface area (Å²) in [5.74, 6) is 6.49. The van der Waals surface area contributed by atoms with Gasteiger partial charge in [-0.25, -0.2) is 0 Å². The monoisotopic (exact) mass is 635 g/mol. The molecule has 35 heavy (non-hydrogen) atoms. The van der Waals surface area contributed by atoms with Crippen molar-refractivity contribution in [2.45, 2.75) is 0 Å². The fourth-order valence-corrected chi connectivity index (χ4v) is 3.26. The van der Waals surface area contributed by atoms with E-state index in [1.807, 2.05) is 81.9 Å². The molecule has 6 aromatic heterocycles. The van der Waals surface area contributed by atoms with Gasteiger partial charge in [-0.1, -0.05) is 24.0 Å². The summed E-state index contributed by atoms with van der Waals surface area (Å²) in [7, 11) is 0. The van der Waals surface area contributed by atoms with Gasteiger partial charge in [0, 0.05) is 57.0 Å². The van der Waals surface area contributed by atoms with E-state index in [1.165, 1.54) is 0 Å². The summed E-state index contributed by atoms with van der Waals surface area (Å²) in [6, 6.07) is 18.9. The van der Waals surface area contributed by atoms with Gasteiger partial charge in [0.25, 0.3) is 0 Å². The Morgan fingerprint density at radius 2 is 1.03 bits per heavy atom. The Kier molecular flexibility index (Phi) is 7.07. The van der Waals surface area contributed by atoms with Gasteiger partial charge in [0.05, 0.1) is 0 Å². The van der Waals surface area contributed by atoms with Gasteiger partial charge in [0.15, 0.2) is 22.9 Å². The summed E-state index contributed by atoms with van der Waals surface area (Å²) in [5, 5.41) is 16.4. The number of nitrogens with zero attached hydrogens (tertiary/aromatic N) is 8. The molecular formula is C26H16N8Pt. The van der Waals surface area contributed by atoms with Crippen molar-refractivity contribution >= 4 is 11.3 Å². The Morgan fingerprint density at radius 3 is 1.40 bits per heavy atom. The number of terminal acetylenes is 2. The third kappa shape index (κ3) is 4.84. The minimum atomic E-state index is 0. The van der Waals surface area contributed by atoms with Crippen LogP contribution in [0.3, 0.4) is 0 Å². The van der Waals surface area contributed by atoms with Crippen LogP contribution in [-0.4, -0.2) is 39.2 Å². The maximum absolute atomic E-state index is 5.29. The molecule has 0 fully saturated rings. The van der Waals surface area contributed by atoms with Crippen LogP contribution in [0.25, 0.3) is 34.3 Å². The van der Waals surface area contributed by atoms with E-state index >= 15 is 0 Å². The number of fused-ring (bicyclic) bond motifs is 2. The van der Waals surface area contributed by atoms with E-state index in [0.717, 1.165) is 33.8 Å². The predicted octanol–water partition coefficient (Wildman–Crippen LogP) is 3.54. The Hall–Kier alpha value is -4.65. The number of aromatic nitrogens is 8. The van der Waals surface area contributed by atoms with Crippen LogP contribution in [0.15, 0.2) is 85.5 Å². The predicted molar refractivity (Wildman–Crippen MR) is 128 cm³/mol. The second-order valence-corrected chi connectivity index (χ2v) is 7.06. The molecule has 0 aliphatic rings. The second kappa shape index (κ2) is 10.5. The summed E-state index contributed by atoms with van der Waals surface area (Å²) in [6.45, 7) is 0. The first kappa shape index (κ1) is 23.5. The molecule has 0 unspecified atom stereocenters. The fourth-order valence-electron chi connectivity index (χ4n) is 3.26. The van der Waals surface area contributed by atoms with Crippen LogP contribution in [0, 0.1) is 24.7 Å². The summed E-state index contributed by atoms with van der Waals surface area (Å²) in [4.78, 5) is 8.55. The van der Waals surface area contributed by atoms with Crippen molar-refractivity contribution in [3.05, 3.63) is 96.6 Å². The fraction of sp³-hybridized carbons (Fsp3) is 0. The summed E-state index contributed by atoms with van der Waals surface area (Å²) >= 11 is 0. The first-order chi connectivity index (χ1) is 16.8. The van der Waals surface area contributed by atoms with E-state index in [4.69, 9.17) is 12.8 Å². The van der Waals surface area contributed by atoms with Crippen molar-refractivity contribution in [2.75, 3.05) is 0 Å². The number of hydrogen-bond acceptors (Lipinski definition) is 6. The molecule has 0 saturated carbocycles. The maximum atomic E-state index is 5.29. The third-order valence-corrected chi connectivity index (χ3v) is 4.95. The first-order valence-electron chi connectivity index (χ1n) is 10.2. The van der Waals surface area contributed by atoms with Gasteiger partial charge >= 0.3 is 0 Å². The zero-order valence-corrected chi connectivity index (χ0v) is 20.4. The van der Waals surface area contributed by atoms with Gasteiger partial charge in [-0.2, -0.15) is 0 Å². The van der Waals surface area contributed by atoms with Crippen LogP contribution in [0.4, 0.5) is 0 Å². The van der Waals surface area contributed by atoms with E-state index in [1.54, 1.807) is 12.4 Å². The Balaban J connectivity index is 0.000000160. The number of rotatable bonds is 2. The van der Waals surface area contributed by atoms with Crippen LogP contribution in [0.5, 0.6) is 0 Å². The molecule has 170 valence electrons. The average molecular weight is 636 g/mol. The Morgan fingerprint density at radius 1 is 0.571 bits per heavy atom. The molecule has 9 heteroatoms. The van der Waals surface area contributed by atoms with Crippen LogP contribution >= 0.6 is 0 Å². The van der Waals surface area contributed by atoms with Crippen LogP contribution in [0.1, 0.15) is 11.1 Å². The molecule has 0 N–H and O–H groups in total. The quantitative estimate of drug-likeness (QED) is 0.271. The van der Waals surface area contributed by atoms with E-state index in [2.05, 4.69) is 42.2 Å². The largest absolute Gasteiger partial charge is 0.281 e. The maximum Gasteiger partial charge on any atom is 0.186 e. The van der Waals surface area contributed by atoms with Gasteiger partial charge in [0.1, 0.15) is 11.4 Å². The Bertz CT molecular complexity index is 1540. The molecule has 6 rings (SSSR count). The number of pyridine rings is 4. The molecule has 8 nitrogen and oxygen atoms in total. The summed E-state index contributed by atoms with van der Waals surface area (Å²) in [5.41, 5.74) is 4.60. The van der Waals surface area contributed by atoms with Gasteiger partial charge in [0.2, 0.25) is 0 Å². The molecule has 0 aliphatic heterocycles. The minimum Gasteiger partial charge on any atom is -0.281 e. The normalized spacial score (nSPS) is 10.0. The van der Waals surface area contributed by atoms with E-state index < -0.39 is 0 Å².